The summed E-state index contributed by atoms with van der Waals surface area (Å²) >= 11 is 0. The Bertz CT molecular complexity index is 726. The van der Waals surface area contributed by atoms with Crippen molar-refractivity contribution >= 4 is 21.9 Å². The van der Waals surface area contributed by atoms with Crippen LogP contribution >= 0.6 is 0 Å². The first-order chi connectivity index (χ1) is 11.0. The van der Waals surface area contributed by atoms with Crippen molar-refractivity contribution in [3.8, 4) is 0 Å². The van der Waals surface area contributed by atoms with Crippen molar-refractivity contribution < 1.29 is 23.1 Å². The molecule has 2 atom stereocenters. The van der Waals surface area contributed by atoms with E-state index in [2.05, 4.69) is 15.1 Å². The quantitative estimate of drug-likeness (QED) is 0.601. The molecule has 0 fully saturated rings. The molecule has 136 valence electrons. The second-order valence-corrected chi connectivity index (χ2v) is 7.46. The lowest BCUT2D eigenvalue weighted by Crippen LogP contribution is -2.47. The van der Waals surface area contributed by atoms with Gasteiger partial charge >= 0.3 is 5.97 Å². The van der Waals surface area contributed by atoms with Crippen molar-refractivity contribution in [2.45, 2.75) is 57.5 Å². The fourth-order valence-corrected chi connectivity index (χ4v) is 3.91. The Morgan fingerprint density at radius 2 is 1.88 bits per heavy atom. The highest BCUT2D eigenvalue weighted by molar-refractivity contribution is 7.89. The van der Waals surface area contributed by atoms with Gasteiger partial charge in [0.15, 0.2) is 0 Å². The van der Waals surface area contributed by atoms with Crippen LogP contribution in [0.25, 0.3) is 0 Å². The van der Waals surface area contributed by atoms with Gasteiger partial charge in [0.25, 0.3) is 0 Å². The summed E-state index contributed by atoms with van der Waals surface area (Å²) < 4.78 is 28.8. The zero-order valence-electron chi connectivity index (χ0n) is 14.5. The van der Waals surface area contributed by atoms with Gasteiger partial charge in [0.2, 0.25) is 15.9 Å². The third-order valence-electron chi connectivity index (χ3n) is 3.62. The fraction of sp³-hybridized carbons (Fsp3) is 0.643. The molecule has 0 aliphatic heterocycles. The standard InChI is InChI=1S/C14H24N4O5S/c1-8(6-7-12(19)20)15-14(21)10(3)17-24(22,23)13-9(2)16-18(5)11(13)4/h8,10,17H,6-7H2,1-5H3,(H,15,21)(H,19,20). The maximum atomic E-state index is 12.5. The lowest BCUT2D eigenvalue weighted by Gasteiger charge is -2.18. The van der Waals surface area contributed by atoms with Crippen LogP contribution < -0.4 is 10.0 Å². The van der Waals surface area contributed by atoms with Crippen molar-refractivity contribution in [2.24, 2.45) is 7.05 Å². The Hall–Kier alpha value is -1.94. The topological polar surface area (TPSA) is 130 Å². The van der Waals surface area contributed by atoms with Crippen LogP contribution in [0.2, 0.25) is 0 Å². The van der Waals surface area contributed by atoms with Crippen LogP contribution in [0, 0.1) is 13.8 Å². The molecule has 0 saturated carbocycles. The monoisotopic (exact) mass is 360 g/mol. The number of amides is 1. The summed E-state index contributed by atoms with van der Waals surface area (Å²) in [5, 5.41) is 15.3. The molecule has 24 heavy (non-hydrogen) atoms. The van der Waals surface area contributed by atoms with Crippen molar-refractivity contribution in [2.75, 3.05) is 0 Å². The average molecular weight is 360 g/mol. The number of hydrogen-bond acceptors (Lipinski definition) is 5. The molecule has 0 spiro atoms. The first-order valence-corrected chi connectivity index (χ1v) is 8.98. The Balaban J connectivity index is 2.77. The number of aromatic nitrogens is 2. The third-order valence-corrected chi connectivity index (χ3v) is 5.41. The largest absolute Gasteiger partial charge is 0.481 e. The Morgan fingerprint density at radius 1 is 1.29 bits per heavy atom. The van der Waals surface area contributed by atoms with Gasteiger partial charge in [0.05, 0.1) is 17.4 Å². The maximum absolute atomic E-state index is 12.5. The molecule has 9 nitrogen and oxygen atoms in total. The molecule has 0 saturated heterocycles. The van der Waals surface area contributed by atoms with E-state index in [1.165, 1.54) is 11.6 Å². The van der Waals surface area contributed by atoms with Crippen LogP contribution in [0.15, 0.2) is 4.90 Å². The third kappa shape index (κ3) is 5.03. The minimum Gasteiger partial charge on any atom is -0.481 e. The zero-order chi connectivity index (χ0) is 18.7. The van der Waals surface area contributed by atoms with Gasteiger partial charge in [-0.25, -0.2) is 8.42 Å². The second kappa shape index (κ2) is 7.75. The number of nitrogens with zero attached hydrogens (tertiary/aromatic N) is 2. The number of nitrogens with one attached hydrogen (secondary N) is 2. The predicted molar refractivity (Wildman–Crippen MR) is 86.9 cm³/mol. The van der Waals surface area contributed by atoms with Crippen LogP contribution in [0.3, 0.4) is 0 Å². The highest BCUT2D eigenvalue weighted by Crippen LogP contribution is 2.18. The Labute approximate surface area is 141 Å². The molecule has 1 aromatic rings. The first kappa shape index (κ1) is 20.1. The number of carbonyl (C=O) groups excluding carboxylic acids is 1. The van der Waals surface area contributed by atoms with Crippen LogP contribution in [0.1, 0.15) is 38.1 Å². The summed E-state index contributed by atoms with van der Waals surface area (Å²) in [6.07, 6.45) is 0.191. The van der Waals surface area contributed by atoms with Gasteiger partial charge in [-0.15, -0.1) is 0 Å². The molecule has 0 bridgehead atoms. The zero-order valence-corrected chi connectivity index (χ0v) is 15.3. The summed E-state index contributed by atoms with van der Waals surface area (Å²) in [5.41, 5.74) is 0.826. The lowest BCUT2D eigenvalue weighted by atomic mass is 10.2. The molecule has 0 aliphatic rings. The number of rotatable bonds is 8. The molecule has 3 N–H and O–H groups in total. The van der Waals surface area contributed by atoms with Crippen LogP contribution in [0.5, 0.6) is 0 Å². The second-order valence-electron chi connectivity index (χ2n) is 5.81. The SMILES string of the molecule is Cc1nn(C)c(C)c1S(=O)(=O)NC(C)C(=O)NC(C)CCC(=O)O. The Morgan fingerprint density at radius 3 is 2.33 bits per heavy atom. The summed E-state index contributed by atoms with van der Waals surface area (Å²) in [4.78, 5) is 22.7. The average Bonchev–Trinajstić information content (AvgIpc) is 2.69. The summed E-state index contributed by atoms with van der Waals surface area (Å²) in [5.74, 6) is -1.47. The Kier molecular flexibility index (Phi) is 6.50. The van der Waals surface area contributed by atoms with Gasteiger partial charge in [0.1, 0.15) is 4.90 Å². The van der Waals surface area contributed by atoms with Gasteiger partial charge < -0.3 is 10.4 Å². The normalized spacial score (nSPS) is 14.2. The van der Waals surface area contributed by atoms with Crippen molar-refractivity contribution in [1.82, 2.24) is 19.8 Å². The lowest BCUT2D eigenvalue weighted by molar-refractivity contribution is -0.137. The van der Waals surface area contributed by atoms with Crippen LogP contribution in [0.4, 0.5) is 0 Å². The molecular formula is C14H24N4O5S. The molecule has 1 aromatic heterocycles. The van der Waals surface area contributed by atoms with Crippen molar-refractivity contribution in [3.05, 3.63) is 11.4 Å². The van der Waals surface area contributed by atoms with E-state index in [-0.39, 0.29) is 23.8 Å². The molecular weight excluding hydrogens is 336 g/mol. The van der Waals surface area contributed by atoms with E-state index in [9.17, 15) is 18.0 Å². The van der Waals surface area contributed by atoms with Crippen molar-refractivity contribution in [1.29, 1.82) is 0 Å². The minimum atomic E-state index is -3.89. The molecule has 1 rings (SSSR count). The number of carbonyl (C=O) groups is 2. The van der Waals surface area contributed by atoms with Gasteiger partial charge in [0, 0.05) is 19.5 Å². The number of aryl methyl sites for hydroxylation is 2. The maximum Gasteiger partial charge on any atom is 0.303 e. The summed E-state index contributed by atoms with van der Waals surface area (Å²) in [6, 6.07) is -1.37. The van der Waals surface area contributed by atoms with E-state index in [0.717, 1.165) is 0 Å². The van der Waals surface area contributed by atoms with Crippen LogP contribution in [-0.2, 0) is 26.7 Å². The fourth-order valence-electron chi connectivity index (χ4n) is 2.27. The highest BCUT2D eigenvalue weighted by Gasteiger charge is 2.28. The minimum absolute atomic E-state index is 0.0589. The number of sulfonamides is 1. The molecule has 10 heteroatoms. The van der Waals surface area contributed by atoms with E-state index in [1.807, 2.05) is 0 Å². The molecule has 0 aliphatic carbocycles. The summed E-state index contributed by atoms with van der Waals surface area (Å²) in [6.45, 7) is 6.31. The number of carboxylic acid groups (broad SMARTS) is 1. The molecule has 1 amide bonds. The van der Waals surface area contributed by atoms with Crippen molar-refractivity contribution in [3.63, 3.8) is 0 Å². The number of carboxylic acids is 1. The van der Waals surface area contributed by atoms with E-state index in [0.29, 0.717) is 11.4 Å². The van der Waals surface area contributed by atoms with Gasteiger partial charge in [-0.3, -0.25) is 14.3 Å². The van der Waals surface area contributed by atoms with E-state index < -0.39 is 27.9 Å². The predicted octanol–water partition coefficient (Wildman–Crippen LogP) is 0.0732. The highest BCUT2D eigenvalue weighted by atomic mass is 32.2. The number of hydrogen-bond donors (Lipinski definition) is 3. The van der Waals surface area contributed by atoms with Gasteiger partial charge in [-0.05, 0) is 34.1 Å². The number of aliphatic carboxylic acids is 1. The van der Waals surface area contributed by atoms with E-state index in [1.54, 1.807) is 27.8 Å². The smallest absolute Gasteiger partial charge is 0.303 e. The van der Waals surface area contributed by atoms with Gasteiger partial charge in [-0.2, -0.15) is 9.82 Å². The molecule has 0 aromatic carbocycles. The van der Waals surface area contributed by atoms with Crippen LogP contribution in [-0.4, -0.2) is 47.3 Å². The molecule has 2 unspecified atom stereocenters. The summed E-state index contributed by atoms with van der Waals surface area (Å²) in [7, 11) is -2.25. The first-order valence-electron chi connectivity index (χ1n) is 7.50. The van der Waals surface area contributed by atoms with E-state index >= 15 is 0 Å². The molecule has 1 heterocycles. The van der Waals surface area contributed by atoms with Gasteiger partial charge in [-0.1, -0.05) is 0 Å². The van der Waals surface area contributed by atoms with E-state index in [4.69, 9.17) is 5.11 Å². The molecule has 0 radical (unpaired) electrons.